The highest BCUT2D eigenvalue weighted by Crippen LogP contribution is 2.25. The van der Waals surface area contributed by atoms with Gasteiger partial charge in [0.1, 0.15) is 5.52 Å². The molecular weight excluding hydrogens is 242 g/mol. The number of para-hydroxylation sites is 1. The molecule has 5 nitrogen and oxygen atoms in total. The summed E-state index contributed by atoms with van der Waals surface area (Å²) >= 11 is 0. The van der Waals surface area contributed by atoms with E-state index in [0.29, 0.717) is 17.2 Å². The highest BCUT2D eigenvalue weighted by molar-refractivity contribution is 6.04. The van der Waals surface area contributed by atoms with E-state index in [1.54, 1.807) is 13.0 Å². The van der Waals surface area contributed by atoms with E-state index in [0.717, 1.165) is 38.1 Å². The molecule has 0 bridgehead atoms. The molecule has 1 aromatic heterocycles. The second kappa shape index (κ2) is 5.01. The minimum absolute atomic E-state index is 0.00540. The van der Waals surface area contributed by atoms with Gasteiger partial charge in [-0.15, -0.1) is 0 Å². The van der Waals surface area contributed by atoms with E-state index in [4.69, 9.17) is 4.42 Å². The number of rotatable bonds is 2. The quantitative estimate of drug-likeness (QED) is 0.834. The fraction of sp³-hybridized carbons (Fsp3) is 0.429. The van der Waals surface area contributed by atoms with Crippen LogP contribution in [0.4, 0.5) is 6.01 Å². The molecule has 3 rings (SSSR count). The molecule has 0 saturated carbocycles. The third-order valence-corrected chi connectivity index (χ3v) is 3.39. The highest BCUT2D eigenvalue weighted by Gasteiger charge is 2.18. The fourth-order valence-corrected chi connectivity index (χ4v) is 2.39. The van der Waals surface area contributed by atoms with Crippen LogP contribution in [-0.2, 0) is 0 Å². The number of carbonyl (C=O) groups is 1. The molecular formula is C14H17N3O2. The number of ketones is 1. The summed E-state index contributed by atoms with van der Waals surface area (Å²) < 4.78 is 5.82. The van der Waals surface area contributed by atoms with Crippen molar-refractivity contribution in [1.29, 1.82) is 0 Å². The first kappa shape index (κ1) is 12.2. The summed E-state index contributed by atoms with van der Waals surface area (Å²) in [6.45, 7) is 5.30. The van der Waals surface area contributed by atoms with Gasteiger partial charge in [0.15, 0.2) is 11.4 Å². The third kappa shape index (κ3) is 2.33. The van der Waals surface area contributed by atoms with Gasteiger partial charge in [0, 0.05) is 19.6 Å². The number of carbonyl (C=O) groups excluding carboxylic acids is 1. The molecule has 0 aliphatic carbocycles. The summed E-state index contributed by atoms with van der Waals surface area (Å²) in [4.78, 5) is 18.2. The van der Waals surface area contributed by atoms with Gasteiger partial charge in [-0.3, -0.25) is 4.79 Å². The van der Waals surface area contributed by atoms with Crippen molar-refractivity contribution in [1.82, 2.24) is 10.3 Å². The van der Waals surface area contributed by atoms with E-state index < -0.39 is 0 Å². The van der Waals surface area contributed by atoms with Crippen molar-refractivity contribution < 1.29 is 9.21 Å². The Labute approximate surface area is 111 Å². The van der Waals surface area contributed by atoms with Crippen molar-refractivity contribution in [3.63, 3.8) is 0 Å². The number of benzene rings is 1. The molecule has 1 aliphatic rings. The van der Waals surface area contributed by atoms with Crippen LogP contribution in [0.2, 0.25) is 0 Å². The summed E-state index contributed by atoms with van der Waals surface area (Å²) in [6, 6.07) is 6.12. The molecule has 1 aliphatic heterocycles. The van der Waals surface area contributed by atoms with Crippen LogP contribution in [0, 0.1) is 0 Å². The summed E-state index contributed by atoms with van der Waals surface area (Å²) in [5, 5.41) is 3.35. The lowest BCUT2D eigenvalue weighted by Crippen LogP contribution is -2.27. The predicted molar refractivity (Wildman–Crippen MR) is 73.7 cm³/mol. The van der Waals surface area contributed by atoms with Gasteiger partial charge in [-0.25, -0.2) is 0 Å². The number of Topliss-reactive ketones (excluding diaryl/α,β-unsaturated/α-hetero) is 1. The molecule has 0 unspecified atom stereocenters. The van der Waals surface area contributed by atoms with Crippen LogP contribution in [0.15, 0.2) is 22.6 Å². The SMILES string of the molecule is CC(=O)c1cccc2nc(N3CCCNCC3)oc12. The Balaban J connectivity index is 2.01. The number of fused-ring (bicyclic) bond motifs is 1. The van der Waals surface area contributed by atoms with E-state index in [1.807, 2.05) is 12.1 Å². The van der Waals surface area contributed by atoms with Gasteiger partial charge in [-0.05, 0) is 32.0 Å². The molecule has 0 amide bonds. The number of nitrogens with one attached hydrogen (secondary N) is 1. The molecule has 5 heteroatoms. The monoisotopic (exact) mass is 259 g/mol. The topological polar surface area (TPSA) is 58.4 Å². The van der Waals surface area contributed by atoms with Gasteiger partial charge in [-0.2, -0.15) is 4.98 Å². The number of hydrogen-bond donors (Lipinski definition) is 1. The van der Waals surface area contributed by atoms with E-state index in [9.17, 15) is 4.79 Å². The van der Waals surface area contributed by atoms with Crippen LogP contribution in [-0.4, -0.2) is 36.9 Å². The van der Waals surface area contributed by atoms with Crippen LogP contribution in [0.1, 0.15) is 23.7 Å². The maximum atomic E-state index is 11.6. The minimum atomic E-state index is 0.00540. The summed E-state index contributed by atoms with van der Waals surface area (Å²) in [5.74, 6) is 0.00540. The number of oxazole rings is 1. The lowest BCUT2D eigenvalue weighted by molar-refractivity contribution is 0.101. The van der Waals surface area contributed by atoms with Crippen LogP contribution in [0.3, 0.4) is 0 Å². The van der Waals surface area contributed by atoms with Crippen molar-refractivity contribution in [2.45, 2.75) is 13.3 Å². The van der Waals surface area contributed by atoms with Gasteiger partial charge in [0.25, 0.3) is 6.01 Å². The van der Waals surface area contributed by atoms with Crippen molar-refractivity contribution in [3.8, 4) is 0 Å². The maximum absolute atomic E-state index is 11.6. The van der Waals surface area contributed by atoms with Crippen LogP contribution < -0.4 is 10.2 Å². The zero-order valence-corrected chi connectivity index (χ0v) is 11.0. The van der Waals surface area contributed by atoms with Crippen molar-refractivity contribution in [2.24, 2.45) is 0 Å². The molecule has 1 saturated heterocycles. The Morgan fingerprint density at radius 3 is 3.11 bits per heavy atom. The highest BCUT2D eigenvalue weighted by atomic mass is 16.4. The van der Waals surface area contributed by atoms with Crippen molar-refractivity contribution in [2.75, 3.05) is 31.1 Å². The first-order valence-corrected chi connectivity index (χ1v) is 6.62. The van der Waals surface area contributed by atoms with Gasteiger partial charge in [-0.1, -0.05) is 6.07 Å². The lowest BCUT2D eigenvalue weighted by Gasteiger charge is -2.16. The molecule has 1 N–H and O–H groups in total. The first-order chi connectivity index (χ1) is 9.25. The largest absolute Gasteiger partial charge is 0.423 e. The number of anilines is 1. The second-order valence-electron chi connectivity index (χ2n) is 4.80. The lowest BCUT2D eigenvalue weighted by atomic mass is 10.1. The molecule has 0 spiro atoms. The molecule has 1 aromatic carbocycles. The molecule has 19 heavy (non-hydrogen) atoms. The Hall–Kier alpha value is -1.88. The minimum Gasteiger partial charge on any atom is -0.423 e. The van der Waals surface area contributed by atoms with E-state index in [-0.39, 0.29) is 5.78 Å². The van der Waals surface area contributed by atoms with Crippen LogP contribution in [0.25, 0.3) is 11.1 Å². The Bertz CT molecular complexity index is 598. The average molecular weight is 259 g/mol. The average Bonchev–Trinajstić information content (AvgIpc) is 2.65. The zero-order chi connectivity index (χ0) is 13.2. The maximum Gasteiger partial charge on any atom is 0.298 e. The number of aromatic nitrogens is 1. The second-order valence-corrected chi connectivity index (χ2v) is 4.80. The molecule has 2 heterocycles. The Morgan fingerprint density at radius 1 is 1.37 bits per heavy atom. The van der Waals surface area contributed by atoms with Crippen molar-refractivity contribution in [3.05, 3.63) is 23.8 Å². The molecule has 2 aromatic rings. The molecule has 1 fully saturated rings. The number of hydrogen-bond acceptors (Lipinski definition) is 5. The van der Waals surface area contributed by atoms with Gasteiger partial charge in [0.2, 0.25) is 0 Å². The van der Waals surface area contributed by atoms with Crippen LogP contribution in [0.5, 0.6) is 0 Å². The molecule has 100 valence electrons. The third-order valence-electron chi connectivity index (χ3n) is 3.39. The standard InChI is InChI=1S/C14H17N3O2/c1-10(18)11-4-2-5-12-13(11)19-14(16-12)17-8-3-6-15-7-9-17/h2,4-5,15H,3,6-9H2,1H3. The summed E-state index contributed by atoms with van der Waals surface area (Å²) in [6.07, 6.45) is 1.07. The van der Waals surface area contributed by atoms with Gasteiger partial charge < -0.3 is 14.6 Å². The van der Waals surface area contributed by atoms with Crippen molar-refractivity contribution >= 4 is 22.9 Å². The first-order valence-electron chi connectivity index (χ1n) is 6.62. The summed E-state index contributed by atoms with van der Waals surface area (Å²) in [5.41, 5.74) is 1.95. The molecule has 0 radical (unpaired) electrons. The Morgan fingerprint density at radius 2 is 2.26 bits per heavy atom. The normalized spacial score (nSPS) is 16.6. The Kier molecular flexibility index (Phi) is 3.21. The summed E-state index contributed by atoms with van der Waals surface area (Å²) in [7, 11) is 0. The number of nitrogens with zero attached hydrogens (tertiary/aromatic N) is 2. The van der Waals surface area contributed by atoms with E-state index in [1.165, 1.54) is 0 Å². The zero-order valence-electron chi connectivity index (χ0n) is 11.0. The van der Waals surface area contributed by atoms with Crippen LogP contribution >= 0.6 is 0 Å². The predicted octanol–water partition coefficient (Wildman–Crippen LogP) is 1.83. The van der Waals surface area contributed by atoms with E-state index in [2.05, 4.69) is 15.2 Å². The molecule has 0 atom stereocenters. The van der Waals surface area contributed by atoms with Gasteiger partial charge >= 0.3 is 0 Å². The smallest absolute Gasteiger partial charge is 0.298 e. The van der Waals surface area contributed by atoms with E-state index >= 15 is 0 Å². The van der Waals surface area contributed by atoms with Gasteiger partial charge in [0.05, 0.1) is 5.56 Å². The fourth-order valence-electron chi connectivity index (χ4n) is 2.39.